The fourth-order valence-corrected chi connectivity index (χ4v) is 3.47. The number of aromatic nitrogens is 3. The zero-order chi connectivity index (χ0) is 22.8. The Morgan fingerprint density at radius 2 is 1.84 bits per heavy atom. The highest BCUT2D eigenvalue weighted by Crippen LogP contribution is 2.41. The third kappa shape index (κ3) is 4.27. The molecule has 0 saturated heterocycles. The predicted octanol–water partition coefficient (Wildman–Crippen LogP) is 4.54. The molecule has 2 heterocycles. The smallest absolute Gasteiger partial charge is 0.315 e. The van der Waals surface area contributed by atoms with Crippen LogP contribution in [0.3, 0.4) is 0 Å². The number of ether oxygens (including phenoxy) is 1. The molecular weight excluding hydrogens is 463 g/mol. The van der Waals surface area contributed by atoms with Crippen molar-refractivity contribution in [2.75, 3.05) is 0 Å². The molecule has 0 radical (unpaired) electrons. The van der Waals surface area contributed by atoms with E-state index in [0.717, 1.165) is 24.0 Å². The van der Waals surface area contributed by atoms with Gasteiger partial charge in [-0.2, -0.15) is 9.71 Å². The van der Waals surface area contributed by atoms with Crippen molar-refractivity contribution in [1.29, 1.82) is 0 Å². The molecule has 0 unspecified atom stereocenters. The fourth-order valence-electron chi connectivity index (χ4n) is 2.86. The number of aromatic hydroxyl groups is 1. The highest BCUT2D eigenvalue weighted by Gasteiger charge is 2.25. The molecule has 0 fully saturated rings. The molecule has 4 aromatic rings. The zero-order valence-corrected chi connectivity index (χ0v) is 17.4. The van der Waals surface area contributed by atoms with E-state index < -0.39 is 16.4 Å². The summed E-state index contributed by atoms with van der Waals surface area (Å²) in [5.74, 6) is -0.915. The summed E-state index contributed by atoms with van der Waals surface area (Å²) in [5.41, 5.74) is 0.472. The van der Waals surface area contributed by atoms with Crippen LogP contribution in [-0.2, 0) is 6.61 Å². The molecule has 0 spiro atoms. The van der Waals surface area contributed by atoms with Crippen LogP contribution < -0.4 is 9.47 Å². The van der Waals surface area contributed by atoms with Crippen molar-refractivity contribution in [3.8, 4) is 34.3 Å². The van der Waals surface area contributed by atoms with Gasteiger partial charge in [-0.15, -0.1) is 0 Å². The van der Waals surface area contributed by atoms with Crippen molar-refractivity contribution in [1.82, 2.24) is 10.1 Å². The Kier molecular flexibility index (Phi) is 5.80. The van der Waals surface area contributed by atoms with Crippen LogP contribution in [0.2, 0.25) is 10.0 Å². The molecule has 0 bridgehead atoms. The van der Waals surface area contributed by atoms with Crippen molar-refractivity contribution in [2.24, 2.45) is 0 Å². The van der Waals surface area contributed by atoms with Gasteiger partial charge in [-0.25, -0.2) is 0 Å². The molecule has 10 nitrogen and oxygen atoms in total. The third-order valence-electron chi connectivity index (χ3n) is 4.34. The Balaban J connectivity index is 1.72. The molecule has 32 heavy (non-hydrogen) atoms. The standard InChI is InChI=1S/C20H12Cl2N4O6/c21-13-8-25(28)9-14(22)17(13)19-23-20(32-24-19)12-6-15(26(29)30)18(27)16(7-12)31-10-11-4-2-1-3-5-11/h1-9,27H,10H2. The number of pyridine rings is 1. The van der Waals surface area contributed by atoms with Gasteiger partial charge in [-0.1, -0.05) is 58.7 Å². The molecule has 0 aliphatic carbocycles. The van der Waals surface area contributed by atoms with E-state index in [0.29, 0.717) is 4.73 Å². The van der Waals surface area contributed by atoms with E-state index in [1.165, 1.54) is 6.07 Å². The number of benzene rings is 2. The minimum atomic E-state index is -0.760. The molecular formula is C20H12Cl2N4O6. The van der Waals surface area contributed by atoms with Crippen LogP contribution in [0.15, 0.2) is 59.4 Å². The number of nitro benzene ring substituents is 1. The summed E-state index contributed by atoms with van der Waals surface area (Å²) in [5, 5.41) is 36.9. The number of hydrogen-bond donors (Lipinski definition) is 1. The summed E-state index contributed by atoms with van der Waals surface area (Å²) in [7, 11) is 0. The number of halogens is 2. The maximum Gasteiger partial charge on any atom is 0.315 e. The Hall–Kier alpha value is -3.89. The zero-order valence-electron chi connectivity index (χ0n) is 15.9. The first-order valence-electron chi connectivity index (χ1n) is 8.94. The van der Waals surface area contributed by atoms with E-state index in [1.807, 2.05) is 18.2 Å². The average molecular weight is 475 g/mol. The van der Waals surface area contributed by atoms with Gasteiger partial charge in [0.1, 0.15) is 16.7 Å². The molecule has 162 valence electrons. The highest BCUT2D eigenvalue weighted by molar-refractivity contribution is 6.38. The van der Waals surface area contributed by atoms with Crippen LogP contribution in [0.4, 0.5) is 5.69 Å². The molecule has 4 rings (SSSR count). The molecule has 2 aromatic heterocycles. The van der Waals surface area contributed by atoms with Crippen LogP contribution in [0.5, 0.6) is 11.5 Å². The van der Waals surface area contributed by atoms with Crippen molar-refractivity contribution in [3.63, 3.8) is 0 Å². The van der Waals surface area contributed by atoms with Gasteiger partial charge < -0.3 is 19.6 Å². The molecule has 12 heteroatoms. The molecule has 0 amide bonds. The van der Waals surface area contributed by atoms with Gasteiger partial charge in [-0.05, 0) is 11.6 Å². The van der Waals surface area contributed by atoms with Gasteiger partial charge in [-0.3, -0.25) is 10.1 Å². The van der Waals surface area contributed by atoms with E-state index in [2.05, 4.69) is 10.1 Å². The first kappa shape index (κ1) is 21.3. The maximum absolute atomic E-state index is 11.4. The Morgan fingerprint density at radius 3 is 2.50 bits per heavy atom. The van der Waals surface area contributed by atoms with Gasteiger partial charge in [0.2, 0.25) is 11.6 Å². The van der Waals surface area contributed by atoms with Crippen LogP contribution in [-0.4, -0.2) is 20.2 Å². The van der Waals surface area contributed by atoms with Crippen LogP contribution in [0.1, 0.15) is 5.56 Å². The summed E-state index contributed by atoms with van der Waals surface area (Å²) in [6, 6.07) is 11.5. The van der Waals surface area contributed by atoms with Crippen LogP contribution in [0, 0.1) is 15.3 Å². The number of hydrogen-bond acceptors (Lipinski definition) is 8. The summed E-state index contributed by atoms with van der Waals surface area (Å²) < 4.78 is 11.2. The fraction of sp³-hybridized carbons (Fsp3) is 0.0500. The van der Waals surface area contributed by atoms with Gasteiger partial charge in [0.25, 0.3) is 5.89 Å². The summed E-state index contributed by atoms with van der Waals surface area (Å²) in [6.45, 7) is 0.0640. The lowest BCUT2D eigenvalue weighted by atomic mass is 10.1. The SMILES string of the molecule is O=[N+]([O-])c1cc(-c2nc(-c3c(Cl)c[n+]([O-])cc3Cl)no2)cc(OCc2ccccc2)c1O. The molecule has 1 N–H and O–H groups in total. The van der Waals surface area contributed by atoms with Gasteiger partial charge >= 0.3 is 5.69 Å². The number of nitrogens with zero attached hydrogens (tertiary/aromatic N) is 4. The van der Waals surface area contributed by atoms with E-state index in [9.17, 15) is 20.4 Å². The average Bonchev–Trinajstić information content (AvgIpc) is 3.22. The molecule has 0 saturated carbocycles. The third-order valence-corrected chi connectivity index (χ3v) is 4.92. The maximum atomic E-state index is 11.4. The number of phenols is 1. The lowest BCUT2D eigenvalue weighted by Gasteiger charge is -2.09. The van der Waals surface area contributed by atoms with E-state index in [1.54, 1.807) is 12.1 Å². The topological polar surface area (TPSA) is 138 Å². The molecule has 0 aliphatic rings. The monoisotopic (exact) mass is 474 g/mol. The first-order valence-corrected chi connectivity index (χ1v) is 9.69. The Labute approximate surface area is 189 Å². The minimum absolute atomic E-state index is 0.0107. The van der Waals surface area contributed by atoms with Gasteiger partial charge in [0, 0.05) is 6.07 Å². The van der Waals surface area contributed by atoms with Crippen molar-refractivity contribution < 1.29 is 24.0 Å². The molecule has 2 aromatic carbocycles. The van der Waals surface area contributed by atoms with E-state index >= 15 is 0 Å². The second-order valence-corrected chi connectivity index (χ2v) is 7.30. The normalized spacial score (nSPS) is 10.8. The van der Waals surface area contributed by atoms with E-state index in [4.69, 9.17) is 32.5 Å². The molecule has 0 atom stereocenters. The first-order chi connectivity index (χ1) is 15.3. The summed E-state index contributed by atoms with van der Waals surface area (Å²) in [6.07, 6.45) is 2.14. The minimum Gasteiger partial charge on any atom is -0.619 e. The van der Waals surface area contributed by atoms with Gasteiger partial charge in [0.05, 0.1) is 16.1 Å². The second-order valence-electron chi connectivity index (χ2n) is 6.49. The summed E-state index contributed by atoms with van der Waals surface area (Å²) in [4.78, 5) is 14.8. The Bertz CT molecular complexity index is 1290. The lowest BCUT2D eigenvalue weighted by Crippen LogP contribution is -2.24. The Morgan fingerprint density at radius 1 is 1.16 bits per heavy atom. The quantitative estimate of drug-likeness (QED) is 0.186. The predicted molar refractivity (Wildman–Crippen MR) is 113 cm³/mol. The lowest BCUT2D eigenvalue weighted by molar-refractivity contribution is -0.605. The van der Waals surface area contributed by atoms with E-state index in [-0.39, 0.29) is 45.2 Å². The largest absolute Gasteiger partial charge is 0.619 e. The van der Waals surface area contributed by atoms with Gasteiger partial charge in [0.15, 0.2) is 18.1 Å². The van der Waals surface area contributed by atoms with Crippen molar-refractivity contribution in [2.45, 2.75) is 6.61 Å². The number of rotatable bonds is 6. The highest BCUT2D eigenvalue weighted by atomic mass is 35.5. The van der Waals surface area contributed by atoms with Crippen LogP contribution in [0.25, 0.3) is 22.8 Å². The van der Waals surface area contributed by atoms with Crippen molar-refractivity contribution >= 4 is 28.9 Å². The van der Waals surface area contributed by atoms with Crippen LogP contribution >= 0.6 is 23.2 Å². The molecule has 0 aliphatic heterocycles. The number of phenolic OH excluding ortho intramolecular Hbond substituents is 1. The number of nitro groups is 1. The van der Waals surface area contributed by atoms with Crippen molar-refractivity contribution in [3.05, 3.63) is 85.8 Å². The second kappa shape index (κ2) is 8.69. The summed E-state index contributed by atoms with van der Waals surface area (Å²) >= 11 is 12.1.